The van der Waals surface area contributed by atoms with E-state index in [0.717, 1.165) is 0 Å². The van der Waals surface area contributed by atoms with Gasteiger partial charge in [0, 0.05) is 0 Å². The van der Waals surface area contributed by atoms with Crippen molar-refractivity contribution in [3.05, 3.63) is 71.8 Å². The molecule has 1 heterocycles. The smallest absolute Gasteiger partial charge is 0.168 e. The van der Waals surface area contributed by atoms with Crippen LogP contribution in [0.2, 0.25) is 5.04 Å². The van der Waals surface area contributed by atoms with Crippen LogP contribution in [0.1, 0.15) is 38.8 Å². The highest BCUT2D eigenvalue weighted by molar-refractivity contribution is 6.32. The molecule has 0 unspecified atom stereocenters. The first-order chi connectivity index (χ1) is 11.9. The highest BCUT2D eigenvalue weighted by Gasteiger charge is 2.48. The molecule has 0 amide bonds. The van der Waals surface area contributed by atoms with E-state index < -0.39 is 15.4 Å². The molecule has 0 spiro atoms. The molecule has 2 aromatic carbocycles. The van der Waals surface area contributed by atoms with Gasteiger partial charge >= 0.3 is 0 Å². The van der Waals surface area contributed by atoms with E-state index >= 15 is 0 Å². The normalized spacial score (nSPS) is 21.9. The summed E-state index contributed by atoms with van der Waals surface area (Å²) in [5.41, 5.74) is 1.85. The van der Waals surface area contributed by atoms with E-state index in [0.29, 0.717) is 6.73 Å². The van der Waals surface area contributed by atoms with Crippen molar-refractivity contribution in [2.75, 3.05) is 6.73 Å². The Labute approximate surface area is 153 Å². The van der Waals surface area contributed by atoms with Gasteiger partial charge in [-0.05, 0) is 23.1 Å². The molecule has 1 N–H and O–H groups in total. The number of hydrogen-bond acceptors (Lipinski definition) is 3. The summed E-state index contributed by atoms with van der Waals surface area (Å²) < 4.78 is 12.8. The van der Waals surface area contributed by atoms with Gasteiger partial charge in [0.05, 0.1) is 18.9 Å². The lowest BCUT2D eigenvalue weighted by molar-refractivity contribution is 0.0335. The highest BCUT2D eigenvalue weighted by Crippen LogP contribution is 2.41. The Hall–Kier alpha value is -1.46. The lowest BCUT2D eigenvalue weighted by atomic mass is 9.78. The number of rotatable bonds is 5. The molecule has 1 fully saturated rings. The van der Waals surface area contributed by atoms with E-state index in [-0.39, 0.29) is 17.2 Å². The van der Waals surface area contributed by atoms with Crippen LogP contribution < -0.4 is 5.32 Å². The molecule has 3 rings (SSSR count). The fraction of sp³-hybridized carbons (Fsp3) is 0.429. The zero-order chi connectivity index (χ0) is 17.9. The second-order valence-corrected chi connectivity index (χ2v) is 10.7. The summed E-state index contributed by atoms with van der Waals surface area (Å²) in [6.45, 7) is 9.49. The number of ether oxygens (including phenoxy) is 1. The Bertz CT molecular complexity index is 630. The summed E-state index contributed by atoms with van der Waals surface area (Å²) in [7, 11) is -0.794. The molecule has 0 radical (unpaired) electrons. The van der Waals surface area contributed by atoms with Gasteiger partial charge in [-0.15, -0.1) is 0 Å². The van der Waals surface area contributed by atoms with Crippen LogP contribution in [0.5, 0.6) is 0 Å². The van der Waals surface area contributed by atoms with Crippen LogP contribution in [-0.4, -0.2) is 28.6 Å². The molecular weight excluding hydrogens is 326 g/mol. The van der Waals surface area contributed by atoms with Crippen LogP contribution in [0.25, 0.3) is 0 Å². The molecule has 2 aromatic rings. The molecule has 0 aromatic heterocycles. The standard InChI is InChI=1S/C21H29NO2Si/c1-16-19(22-15-23-16)21(24-25-20(2,3)4,17-11-7-5-8-12-17)18-13-9-6-10-14-18/h5-14,16,19,22H,15,25H2,1-4H3/t16-,19-/m0/s1. The van der Waals surface area contributed by atoms with Crippen molar-refractivity contribution in [1.29, 1.82) is 0 Å². The maximum Gasteiger partial charge on any atom is 0.168 e. The van der Waals surface area contributed by atoms with E-state index in [1.165, 1.54) is 11.1 Å². The predicted molar refractivity (Wildman–Crippen MR) is 105 cm³/mol. The van der Waals surface area contributed by atoms with Crippen molar-refractivity contribution >= 4 is 9.76 Å². The average Bonchev–Trinajstić information content (AvgIpc) is 3.03. The van der Waals surface area contributed by atoms with E-state index in [4.69, 9.17) is 9.16 Å². The largest absolute Gasteiger partial charge is 0.408 e. The first kappa shape index (κ1) is 18.3. The molecule has 1 saturated heterocycles. The third kappa shape index (κ3) is 3.87. The van der Waals surface area contributed by atoms with Crippen LogP contribution >= 0.6 is 0 Å². The number of nitrogens with one attached hydrogen (secondary N) is 1. The Morgan fingerprint density at radius 1 is 0.960 bits per heavy atom. The Kier molecular flexibility index (Phi) is 5.44. The van der Waals surface area contributed by atoms with Crippen LogP contribution in [0.4, 0.5) is 0 Å². The van der Waals surface area contributed by atoms with Crippen molar-refractivity contribution in [2.24, 2.45) is 0 Å². The second kappa shape index (κ2) is 7.42. The molecule has 0 bridgehead atoms. The summed E-state index contributed by atoms with van der Waals surface area (Å²) in [6.07, 6.45) is 0.0781. The molecule has 1 aliphatic rings. The van der Waals surface area contributed by atoms with Crippen molar-refractivity contribution in [2.45, 2.75) is 50.5 Å². The summed E-state index contributed by atoms with van der Waals surface area (Å²) in [6, 6.07) is 21.3. The molecular formula is C21H29NO2Si. The zero-order valence-electron chi connectivity index (χ0n) is 15.7. The van der Waals surface area contributed by atoms with Gasteiger partial charge in [-0.2, -0.15) is 0 Å². The van der Waals surface area contributed by atoms with Gasteiger partial charge in [0.2, 0.25) is 0 Å². The third-order valence-corrected chi connectivity index (χ3v) is 6.16. The molecule has 0 saturated carbocycles. The number of hydrogen-bond donors (Lipinski definition) is 1. The van der Waals surface area contributed by atoms with Gasteiger partial charge in [-0.1, -0.05) is 81.4 Å². The quantitative estimate of drug-likeness (QED) is 0.832. The van der Waals surface area contributed by atoms with Crippen LogP contribution in [-0.2, 0) is 14.8 Å². The van der Waals surface area contributed by atoms with Crippen molar-refractivity contribution in [1.82, 2.24) is 5.32 Å². The summed E-state index contributed by atoms with van der Waals surface area (Å²) in [5, 5.41) is 3.76. The molecule has 25 heavy (non-hydrogen) atoms. The lowest BCUT2D eigenvalue weighted by Crippen LogP contribution is -2.53. The van der Waals surface area contributed by atoms with E-state index in [1.807, 2.05) is 0 Å². The van der Waals surface area contributed by atoms with Crippen molar-refractivity contribution in [3.63, 3.8) is 0 Å². The van der Waals surface area contributed by atoms with Crippen LogP contribution in [0.3, 0.4) is 0 Å². The second-order valence-electron chi connectivity index (χ2n) is 8.01. The topological polar surface area (TPSA) is 30.5 Å². The predicted octanol–water partition coefficient (Wildman–Crippen LogP) is 3.58. The Morgan fingerprint density at radius 3 is 1.88 bits per heavy atom. The molecule has 3 nitrogen and oxygen atoms in total. The van der Waals surface area contributed by atoms with Crippen molar-refractivity contribution in [3.8, 4) is 0 Å². The van der Waals surface area contributed by atoms with E-state index in [9.17, 15) is 0 Å². The van der Waals surface area contributed by atoms with Crippen LogP contribution in [0, 0.1) is 0 Å². The first-order valence-corrected chi connectivity index (χ1v) is 10.3. The maximum absolute atomic E-state index is 6.92. The molecule has 2 atom stereocenters. The minimum atomic E-state index is -0.794. The number of benzene rings is 2. The van der Waals surface area contributed by atoms with E-state index in [2.05, 4.69) is 93.7 Å². The monoisotopic (exact) mass is 355 g/mol. The van der Waals surface area contributed by atoms with E-state index in [1.54, 1.807) is 0 Å². The Morgan fingerprint density at radius 2 is 1.48 bits per heavy atom. The fourth-order valence-corrected chi connectivity index (χ4v) is 4.66. The third-order valence-electron chi connectivity index (χ3n) is 4.70. The fourth-order valence-electron chi connectivity index (χ4n) is 3.49. The SMILES string of the molecule is C[C@@H]1OCN[C@@H]1C(O[SiH2]C(C)(C)C)(c1ccccc1)c1ccccc1. The molecule has 4 heteroatoms. The summed E-state index contributed by atoms with van der Waals surface area (Å²) >= 11 is 0. The Balaban J connectivity index is 2.16. The van der Waals surface area contributed by atoms with Crippen molar-refractivity contribution < 1.29 is 9.16 Å². The minimum Gasteiger partial charge on any atom is -0.408 e. The summed E-state index contributed by atoms with van der Waals surface area (Å²) in [4.78, 5) is 0. The van der Waals surface area contributed by atoms with Gasteiger partial charge in [-0.3, -0.25) is 5.32 Å². The molecule has 134 valence electrons. The zero-order valence-corrected chi connectivity index (χ0v) is 17.1. The summed E-state index contributed by atoms with van der Waals surface area (Å²) in [5.74, 6) is 0. The molecule has 0 aliphatic carbocycles. The van der Waals surface area contributed by atoms with Gasteiger partial charge in [-0.25, -0.2) is 0 Å². The lowest BCUT2D eigenvalue weighted by Gasteiger charge is -2.43. The van der Waals surface area contributed by atoms with Gasteiger partial charge < -0.3 is 9.16 Å². The minimum absolute atomic E-state index is 0.0761. The maximum atomic E-state index is 6.92. The molecule has 1 aliphatic heterocycles. The van der Waals surface area contributed by atoms with Crippen LogP contribution in [0.15, 0.2) is 60.7 Å². The first-order valence-electron chi connectivity index (χ1n) is 9.03. The van der Waals surface area contributed by atoms with Gasteiger partial charge in [0.25, 0.3) is 0 Å². The highest BCUT2D eigenvalue weighted by atomic mass is 28.2. The van der Waals surface area contributed by atoms with Gasteiger partial charge in [0.1, 0.15) is 5.60 Å². The van der Waals surface area contributed by atoms with Gasteiger partial charge in [0.15, 0.2) is 9.76 Å². The average molecular weight is 356 g/mol.